The predicted octanol–water partition coefficient (Wildman–Crippen LogP) is 3.09. The highest BCUT2D eigenvalue weighted by molar-refractivity contribution is 7.86. The third-order valence-corrected chi connectivity index (χ3v) is 4.67. The molecular weight excluding hydrogens is 312 g/mol. The summed E-state index contributed by atoms with van der Waals surface area (Å²) in [5.41, 5.74) is 2.68. The van der Waals surface area contributed by atoms with Crippen LogP contribution in [0.15, 0.2) is 71.9 Å². The van der Waals surface area contributed by atoms with Crippen LogP contribution in [0.5, 0.6) is 0 Å². The Morgan fingerprint density at radius 1 is 1.04 bits per heavy atom. The zero-order valence-corrected chi connectivity index (χ0v) is 13.4. The Balaban J connectivity index is 1.69. The van der Waals surface area contributed by atoms with Gasteiger partial charge in [0, 0.05) is 12.4 Å². The number of aryl methyl sites for hydroxylation is 1. The maximum atomic E-state index is 12.1. The highest BCUT2D eigenvalue weighted by Crippen LogP contribution is 2.16. The van der Waals surface area contributed by atoms with Gasteiger partial charge in [-0.2, -0.15) is 13.5 Å². The maximum Gasteiger partial charge on any atom is 0.297 e. The van der Waals surface area contributed by atoms with Crippen molar-refractivity contribution in [1.82, 2.24) is 9.78 Å². The molecule has 23 heavy (non-hydrogen) atoms. The zero-order chi connectivity index (χ0) is 16.3. The summed E-state index contributed by atoms with van der Waals surface area (Å²) in [5.74, 6) is 0. The molecule has 0 saturated carbocycles. The first-order valence-electron chi connectivity index (χ1n) is 7.10. The molecule has 6 heteroatoms. The zero-order valence-electron chi connectivity index (χ0n) is 12.6. The molecule has 0 unspecified atom stereocenters. The minimum Gasteiger partial charge on any atom is -0.262 e. The number of benzene rings is 2. The lowest BCUT2D eigenvalue weighted by molar-refractivity contribution is 0.308. The second-order valence-electron chi connectivity index (χ2n) is 5.15. The van der Waals surface area contributed by atoms with Gasteiger partial charge >= 0.3 is 0 Å². The molecule has 0 amide bonds. The van der Waals surface area contributed by atoms with Gasteiger partial charge in [0.05, 0.1) is 17.2 Å². The van der Waals surface area contributed by atoms with Gasteiger partial charge in [-0.3, -0.25) is 4.18 Å². The molecule has 0 aliphatic heterocycles. The molecule has 0 atom stereocenters. The molecule has 0 aliphatic carbocycles. The van der Waals surface area contributed by atoms with Crippen LogP contribution >= 0.6 is 0 Å². The Hall–Kier alpha value is -2.44. The van der Waals surface area contributed by atoms with Gasteiger partial charge in [-0.25, -0.2) is 4.68 Å². The number of hydrogen-bond donors (Lipinski definition) is 0. The molecule has 3 rings (SSSR count). The number of nitrogens with zero attached hydrogens (tertiary/aromatic N) is 2. The van der Waals surface area contributed by atoms with Gasteiger partial charge in [0.25, 0.3) is 10.1 Å². The summed E-state index contributed by atoms with van der Waals surface area (Å²) in [6, 6.07) is 15.8. The molecule has 5 nitrogen and oxygen atoms in total. The van der Waals surface area contributed by atoms with Crippen LogP contribution in [0, 0.1) is 6.92 Å². The van der Waals surface area contributed by atoms with Crippen molar-refractivity contribution in [1.29, 1.82) is 0 Å². The van der Waals surface area contributed by atoms with Crippen LogP contribution in [0.1, 0.15) is 11.1 Å². The Kier molecular flexibility index (Phi) is 4.27. The van der Waals surface area contributed by atoms with Crippen LogP contribution in [-0.4, -0.2) is 18.2 Å². The van der Waals surface area contributed by atoms with Crippen molar-refractivity contribution in [2.24, 2.45) is 0 Å². The summed E-state index contributed by atoms with van der Waals surface area (Å²) < 4.78 is 31.1. The smallest absolute Gasteiger partial charge is 0.262 e. The molecule has 2 aromatic carbocycles. The standard InChI is InChI=1S/C17H16N2O3S/c1-14-3-9-17(10-4-14)23(20,21)22-13-15-5-7-16(8-6-15)19-12-2-11-18-19/h2-12H,13H2,1H3. The molecule has 1 aromatic heterocycles. The van der Waals surface area contributed by atoms with E-state index in [9.17, 15) is 8.42 Å². The molecule has 118 valence electrons. The largest absolute Gasteiger partial charge is 0.297 e. The SMILES string of the molecule is Cc1ccc(S(=O)(=O)OCc2ccc(-n3cccn3)cc2)cc1. The predicted molar refractivity (Wildman–Crippen MR) is 86.7 cm³/mol. The lowest BCUT2D eigenvalue weighted by Crippen LogP contribution is -2.06. The van der Waals surface area contributed by atoms with E-state index in [1.165, 1.54) is 0 Å². The molecule has 0 bridgehead atoms. The summed E-state index contributed by atoms with van der Waals surface area (Å²) in [6.45, 7) is 1.90. The van der Waals surface area contributed by atoms with Gasteiger partial charge in [-0.1, -0.05) is 29.8 Å². The van der Waals surface area contributed by atoms with Gasteiger partial charge in [0.2, 0.25) is 0 Å². The summed E-state index contributed by atoms with van der Waals surface area (Å²) in [4.78, 5) is 0.163. The minimum absolute atomic E-state index is 0.00437. The summed E-state index contributed by atoms with van der Waals surface area (Å²) in [6.07, 6.45) is 3.54. The summed E-state index contributed by atoms with van der Waals surface area (Å²) in [5, 5.41) is 4.14. The Morgan fingerprint density at radius 2 is 1.74 bits per heavy atom. The molecule has 0 spiro atoms. The van der Waals surface area contributed by atoms with Crippen molar-refractivity contribution in [2.75, 3.05) is 0 Å². The molecule has 1 heterocycles. The highest BCUT2D eigenvalue weighted by atomic mass is 32.2. The highest BCUT2D eigenvalue weighted by Gasteiger charge is 2.14. The minimum atomic E-state index is -3.75. The van der Waals surface area contributed by atoms with Crippen molar-refractivity contribution in [3.63, 3.8) is 0 Å². The fourth-order valence-electron chi connectivity index (χ4n) is 2.09. The molecule has 0 radical (unpaired) electrons. The van der Waals surface area contributed by atoms with E-state index >= 15 is 0 Å². The van der Waals surface area contributed by atoms with Crippen LogP contribution in [-0.2, 0) is 20.9 Å². The summed E-state index contributed by atoms with van der Waals surface area (Å²) >= 11 is 0. The van der Waals surface area contributed by atoms with Crippen molar-refractivity contribution in [2.45, 2.75) is 18.4 Å². The van der Waals surface area contributed by atoms with Crippen LogP contribution in [0.3, 0.4) is 0 Å². The first kappa shape index (κ1) is 15.5. The van der Waals surface area contributed by atoms with E-state index in [0.29, 0.717) is 0 Å². The maximum absolute atomic E-state index is 12.1. The third-order valence-electron chi connectivity index (χ3n) is 3.40. The molecular formula is C17H16N2O3S. The van der Waals surface area contributed by atoms with E-state index in [1.807, 2.05) is 43.5 Å². The van der Waals surface area contributed by atoms with Gasteiger partial charge in [0.15, 0.2) is 0 Å². The molecule has 3 aromatic rings. The van der Waals surface area contributed by atoms with E-state index in [1.54, 1.807) is 35.1 Å². The van der Waals surface area contributed by atoms with Crippen LogP contribution in [0.4, 0.5) is 0 Å². The normalized spacial score (nSPS) is 11.5. The third kappa shape index (κ3) is 3.67. The van der Waals surface area contributed by atoms with Gasteiger partial charge in [0.1, 0.15) is 0 Å². The van der Waals surface area contributed by atoms with E-state index in [2.05, 4.69) is 5.10 Å². The Bertz CT molecular complexity index is 869. The number of hydrogen-bond acceptors (Lipinski definition) is 4. The average molecular weight is 328 g/mol. The van der Waals surface area contributed by atoms with Gasteiger partial charge < -0.3 is 0 Å². The lowest BCUT2D eigenvalue weighted by Gasteiger charge is -2.07. The quantitative estimate of drug-likeness (QED) is 0.675. The first-order chi connectivity index (χ1) is 11.0. The topological polar surface area (TPSA) is 61.2 Å². The molecule has 0 saturated heterocycles. The molecule has 0 N–H and O–H groups in total. The van der Waals surface area contributed by atoms with E-state index in [4.69, 9.17) is 4.18 Å². The van der Waals surface area contributed by atoms with Crippen LogP contribution in [0.2, 0.25) is 0 Å². The second kappa shape index (κ2) is 6.36. The second-order valence-corrected chi connectivity index (χ2v) is 6.76. The van der Waals surface area contributed by atoms with Gasteiger partial charge in [-0.15, -0.1) is 0 Å². The first-order valence-corrected chi connectivity index (χ1v) is 8.50. The van der Waals surface area contributed by atoms with Gasteiger partial charge in [-0.05, 0) is 42.8 Å². The fraction of sp³-hybridized carbons (Fsp3) is 0.118. The lowest BCUT2D eigenvalue weighted by atomic mass is 10.2. The molecule has 0 aliphatic rings. The van der Waals surface area contributed by atoms with Crippen molar-refractivity contribution < 1.29 is 12.6 Å². The van der Waals surface area contributed by atoms with E-state index < -0.39 is 10.1 Å². The van der Waals surface area contributed by atoms with Crippen LogP contribution < -0.4 is 0 Å². The fourth-order valence-corrected chi connectivity index (χ4v) is 2.98. The Labute approximate surface area is 135 Å². The Morgan fingerprint density at radius 3 is 2.35 bits per heavy atom. The summed E-state index contributed by atoms with van der Waals surface area (Å²) in [7, 11) is -3.75. The van der Waals surface area contributed by atoms with Crippen molar-refractivity contribution >= 4 is 10.1 Å². The number of aromatic nitrogens is 2. The van der Waals surface area contributed by atoms with E-state index in [0.717, 1.165) is 16.8 Å². The molecule has 0 fully saturated rings. The van der Waals surface area contributed by atoms with Crippen molar-refractivity contribution in [3.8, 4) is 5.69 Å². The number of rotatable bonds is 5. The van der Waals surface area contributed by atoms with Crippen LogP contribution in [0.25, 0.3) is 5.69 Å². The monoisotopic (exact) mass is 328 g/mol. The average Bonchev–Trinajstić information content (AvgIpc) is 3.08. The van der Waals surface area contributed by atoms with E-state index in [-0.39, 0.29) is 11.5 Å². The van der Waals surface area contributed by atoms with Crippen molar-refractivity contribution in [3.05, 3.63) is 78.1 Å².